The summed E-state index contributed by atoms with van der Waals surface area (Å²) in [7, 11) is 3.65. The number of benzene rings is 1. The van der Waals surface area contributed by atoms with Crippen molar-refractivity contribution in [3.63, 3.8) is 0 Å². The molecular weight excluding hydrogens is 374 g/mol. The van der Waals surface area contributed by atoms with Gasteiger partial charge in [0.15, 0.2) is 0 Å². The predicted octanol–water partition coefficient (Wildman–Crippen LogP) is 3.97. The van der Waals surface area contributed by atoms with Crippen LogP contribution in [0, 0.1) is 0 Å². The number of carbonyl (C=O) groups is 1. The summed E-state index contributed by atoms with van der Waals surface area (Å²) in [6.45, 7) is 1.93. The fraction of sp³-hybridized carbons (Fsp3) is 0.560. The molecule has 4 rings (SSSR count). The van der Waals surface area contributed by atoms with E-state index < -0.39 is 5.60 Å². The van der Waals surface area contributed by atoms with Gasteiger partial charge >= 0.3 is 0 Å². The molecule has 1 aliphatic carbocycles. The summed E-state index contributed by atoms with van der Waals surface area (Å²) >= 11 is 0. The van der Waals surface area contributed by atoms with Gasteiger partial charge in [0, 0.05) is 50.2 Å². The number of likely N-dealkylation sites (tertiary alicyclic amines) is 1. The third-order valence-corrected chi connectivity index (χ3v) is 6.91. The summed E-state index contributed by atoms with van der Waals surface area (Å²) < 4.78 is 0. The lowest BCUT2D eigenvalue weighted by molar-refractivity contribution is -0.129. The first-order valence-electron chi connectivity index (χ1n) is 11.4. The van der Waals surface area contributed by atoms with Crippen LogP contribution in [0.3, 0.4) is 0 Å². The Morgan fingerprint density at radius 3 is 2.87 bits per heavy atom. The molecule has 1 aliphatic heterocycles. The Bertz CT molecular complexity index is 908. The van der Waals surface area contributed by atoms with E-state index in [2.05, 4.69) is 40.4 Å². The minimum absolute atomic E-state index is 0.202. The van der Waals surface area contributed by atoms with E-state index in [0.717, 1.165) is 56.3 Å². The lowest BCUT2D eigenvalue weighted by Crippen LogP contribution is -2.35. The first kappa shape index (κ1) is 21.1. The molecule has 0 unspecified atom stereocenters. The van der Waals surface area contributed by atoms with Crippen molar-refractivity contribution < 1.29 is 9.90 Å². The Morgan fingerprint density at radius 2 is 2.10 bits per heavy atom. The monoisotopic (exact) mass is 409 g/mol. The molecule has 2 aromatic rings. The quantitative estimate of drug-likeness (QED) is 0.727. The van der Waals surface area contributed by atoms with E-state index in [1.807, 2.05) is 20.2 Å². The number of nitrogens with zero attached hydrogens (tertiary/aromatic N) is 2. The Kier molecular flexibility index (Phi) is 6.30. The smallest absolute Gasteiger partial charge is 0.223 e. The van der Waals surface area contributed by atoms with Crippen LogP contribution in [0.4, 0.5) is 0 Å². The molecule has 2 N–H and O–H groups in total. The number of nitrogens with one attached hydrogen (secondary N) is 1. The number of aromatic nitrogens is 1. The van der Waals surface area contributed by atoms with Crippen LogP contribution in [0.15, 0.2) is 30.5 Å². The molecule has 5 heteroatoms. The number of rotatable bonds is 7. The van der Waals surface area contributed by atoms with Crippen LogP contribution in [0.2, 0.25) is 0 Å². The third-order valence-electron chi connectivity index (χ3n) is 6.91. The number of carbonyl (C=O) groups excluding carboxylic acids is 1. The zero-order chi connectivity index (χ0) is 21.1. The van der Waals surface area contributed by atoms with Gasteiger partial charge in [-0.3, -0.25) is 9.69 Å². The standard InChI is InChI=1S/C25H35N3O2/c1-27(2)24(29)10-15-28-14-5-6-21(28)17-20-18-26-23-8-7-19(16-22(20)23)9-13-25(30)11-3-4-12-25/h7-9,13,16,18,21,26,30H,3-6,10-12,14-15,17H2,1-2H3/b13-9+/t21-/m1/s1. The number of fused-ring (bicyclic) bond motifs is 1. The van der Waals surface area contributed by atoms with Gasteiger partial charge in [-0.15, -0.1) is 0 Å². The minimum atomic E-state index is -0.621. The van der Waals surface area contributed by atoms with Gasteiger partial charge in [-0.1, -0.05) is 31.1 Å². The fourth-order valence-electron chi connectivity index (χ4n) is 5.01. The second-order valence-electron chi connectivity index (χ2n) is 9.34. The lowest BCUT2D eigenvalue weighted by Gasteiger charge is -2.24. The van der Waals surface area contributed by atoms with E-state index in [-0.39, 0.29) is 5.91 Å². The molecule has 0 radical (unpaired) electrons. The van der Waals surface area contributed by atoms with Crippen molar-refractivity contribution in [3.8, 4) is 0 Å². The highest BCUT2D eigenvalue weighted by Crippen LogP contribution is 2.32. The first-order valence-corrected chi connectivity index (χ1v) is 11.4. The Morgan fingerprint density at radius 1 is 1.30 bits per heavy atom. The van der Waals surface area contributed by atoms with E-state index in [9.17, 15) is 9.90 Å². The molecule has 1 atom stereocenters. The van der Waals surface area contributed by atoms with Crippen LogP contribution < -0.4 is 0 Å². The Labute approximate surface area is 179 Å². The SMILES string of the molecule is CN(C)C(=O)CCN1CCC[C@@H]1Cc1c[nH]c2ccc(/C=C/C3(O)CCCC3)cc12. The molecule has 2 aliphatic rings. The molecule has 162 valence electrons. The number of amides is 1. The van der Waals surface area contributed by atoms with Gasteiger partial charge in [-0.05, 0) is 61.9 Å². The molecule has 2 fully saturated rings. The molecule has 0 bridgehead atoms. The number of hydrogen-bond donors (Lipinski definition) is 2. The summed E-state index contributed by atoms with van der Waals surface area (Å²) in [6.07, 6.45) is 14.2. The molecule has 1 amide bonds. The maximum Gasteiger partial charge on any atom is 0.223 e. The summed E-state index contributed by atoms with van der Waals surface area (Å²) in [4.78, 5) is 19.6. The van der Waals surface area contributed by atoms with E-state index >= 15 is 0 Å². The zero-order valence-corrected chi connectivity index (χ0v) is 18.4. The molecule has 0 spiro atoms. The molecule has 1 saturated carbocycles. The zero-order valence-electron chi connectivity index (χ0n) is 18.4. The lowest BCUT2D eigenvalue weighted by atomic mass is 9.99. The van der Waals surface area contributed by atoms with Crippen molar-refractivity contribution in [2.75, 3.05) is 27.2 Å². The highest BCUT2D eigenvalue weighted by atomic mass is 16.3. The molecule has 1 aromatic heterocycles. The largest absolute Gasteiger partial charge is 0.386 e. The van der Waals surface area contributed by atoms with Gasteiger partial charge in [0.2, 0.25) is 5.91 Å². The van der Waals surface area contributed by atoms with Crippen molar-refractivity contribution in [1.29, 1.82) is 0 Å². The molecular formula is C25H35N3O2. The van der Waals surface area contributed by atoms with Crippen molar-refractivity contribution in [2.24, 2.45) is 0 Å². The van der Waals surface area contributed by atoms with Crippen LogP contribution in [-0.4, -0.2) is 64.6 Å². The van der Waals surface area contributed by atoms with Crippen molar-refractivity contribution in [2.45, 2.75) is 63.0 Å². The van der Waals surface area contributed by atoms with Gasteiger partial charge in [-0.25, -0.2) is 0 Å². The third kappa shape index (κ3) is 4.79. The molecule has 1 aromatic carbocycles. The van der Waals surface area contributed by atoms with E-state index in [0.29, 0.717) is 12.5 Å². The number of hydrogen-bond acceptors (Lipinski definition) is 3. The summed E-state index contributed by atoms with van der Waals surface area (Å²) in [5.74, 6) is 0.202. The van der Waals surface area contributed by atoms with Gasteiger partial charge in [0.25, 0.3) is 0 Å². The van der Waals surface area contributed by atoms with Crippen LogP contribution in [0.1, 0.15) is 56.1 Å². The van der Waals surface area contributed by atoms with Crippen LogP contribution >= 0.6 is 0 Å². The number of H-pyrrole nitrogens is 1. The van der Waals surface area contributed by atoms with Crippen LogP contribution in [0.5, 0.6) is 0 Å². The highest BCUT2D eigenvalue weighted by molar-refractivity contribution is 5.85. The maximum absolute atomic E-state index is 12.0. The van der Waals surface area contributed by atoms with Gasteiger partial charge in [0.1, 0.15) is 0 Å². The summed E-state index contributed by atoms with van der Waals surface area (Å²) in [5.41, 5.74) is 3.03. The van der Waals surface area contributed by atoms with Crippen molar-refractivity contribution >= 4 is 22.9 Å². The van der Waals surface area contributed by atoms with Crippen molar-refractivity contribution in [3.05, 3.63) is 41.6 Å². The molecule has 1 saturated heterocycles. The summed E-state index contributed by atoms with van der Waals surface area (Å²) in [5, 5.41) is 11.9. The van der Waals surface area contributed by atoms with E-state index in [1.54, 1.807) is 4.90 Å². The normalized spacial score (nSPS) is 21.8. The molecule has 30 heavy (non-hydrogen) atoms. The van der Waals surface area contributed by atoms with Crippen LogP contribution in [0.25, 0.3) is 17.0 Å². The average molecular weight is 410 g/mol. The maximum atomic E-state index is 12.0. The Balaban J connectivity index is 1.46. The highest BCUT2D eigenvalue weighted by Gasteiger charge is 2.28. The number of aromatic amines is 1. The van der Waals surface area contributed by atoms with E-state index in [4.69, 9.17) is 0 Å². The van der Waals surface area contributed by atoms with Gasteiger partial charge in [0.05, 0.1) is 5.60 Å². The van der Waals surface area contributed by atoms with Gasteiger partial charge in [-0.2, -0.15) is 0 Å². The van der Waals surface area contributed by atoms with Gasteiger partial charge < -0.3 is 15.0 Å². The topological polar surface area (TPSA) is 59.6 Å². The molecule has 5 nitrogen and oxygen atoms in total. The fourth-order valence-corrected chi connectivity index (χ4v) is 5.01. The minimum Gasteiger partial charge on any atom is -0.386 e. The molecule has 2 heterocycles. The number of aliphatic hydroxyl groups is 1. The predicted molar refractivity (Wildman–Crippen MR) is 122 cm³/mol. The summed E-state index contributed by atoms with van der Waals surface area (Å²) in [6, 6.07) is 6.99. The first-order chi connectivity index (χ1) is 14.4. The average Bonchev–Trinajstić information content (AvgIpc) is 3.46. The Hall–Kier alpha value is -2.11. The van der Waals surface area contributed by atoms with Crippen molar-refractivity contribution in [1.82, 2.24) is 14.8 Å². The van der Waals surface area contributed by atoms with Crippen LogP contribution in [-0.2, 0) is 11.2 Å². The van der Waals surface area contributed by atoms with E-state index in [1.165, 1.54) is 23.8 Å². The second-order valence-corrected chi connectivity index (χ2v) is 9.34. The second kappa shape index (κ2) is 8.94.